The molecule has 0 bridgehead atoms. The zero-order valence-corrected chi connectivity index (χ0v) is 29.4. The Morgan fingerprint density at radius 3 is 0.462 bits per heavy atom. The second kappa shape index (κ2) is 20.2. The molecule has 0 radical (unpaired) electrons. The van der Waals surface area contributed by atoms with Crippen molar-refractivity contribution in [2.75, 3.05) is 19.8 Å². The average Bonchev–Trinajstić information content (AvgIpc) is 3.09. The van der Waals surface area contributed by atoms with Gasteiger partial charge in [0.2, 0.25) is 0 Å². The molecule has 6 N–H and O–H groups in total. The fourth-order valence-corrected chi connectivity index (χ4v) is 2.62. The molecule has 44 heteroatoms. The molecule has 0 amide bonds. The molecule has 0 aromatic heterocycles. The molecule has 0 rings (SSSR count). The van der Waals surface area contributed by atoms with E-state index in [4.69, 9.17) is 34.6 Å². The Labute approximate surface area is 329 Å². The summed E-state index contributed by atoms with van der Waals surface area (Å²) in [4.78, 5) is 21.6. The predicted octanol–water partition coefficient (Wildman–Crippen LogP) is 9.33. The van der Waals surface area contributed by atoms with Crippen LogP contribution in [0, 0.1) is 0 Å². The van der Waals surface area contributed by atoms with Crippen molar-refractivity contribution in [3.8, 4) is 0 Å². The summed E-state index contributed by atoms with van der Waals surface area (Å²) in [5.74, 6) is -107. The topological polar surface area (TPSA) is 138 Å². The van der Waals surface area contributed by atoms with Crippen molar-refractivity contribution >= 4 is 7.82 Å². The van der Waals surface area contributed by atoms with Crippen LogP contribution in [0.1, 0.15) is 0 Å². The second-order valence-electron chi connectivity index (χ2n) is 11.0. The van der Waals surface area contributed by atoms with Crippen molar-refractivity contribution in [2.45, 2.75) is 108 Å². The van der Waals surface area contributed by atoms with E-state index in [2.05, 4.69) is 0 Å². The Morgan fingerprint density at radius 2 is 0.385 bits per heavy atom. The van der Waals surface area contributed by atoms with Crippen LogP contribution in [0.5, 0.6) is 0 Å². The van der Waals surface area contributed by atoms with Gasteiger partial charge in [-0.3, -0.25) is 0 Å². The van der Waals surface area contributed by atoms with Gasteiger partial charge >= 0.3 is 116 Å². The van der Waals surface area contributed by atoms with E-state index in [-0.39, 0.29) is 0 Å². The van der Waals surface area contributed by atoms with E-state index in [0.29, 0.717) is 0 Å². The summed E-state index contributed by atoms with van der Waals surface area (Å²) in [6, 6.07) is 0. The van der Waals surface area contributed by atoms with E-state index in [1.54, 1.807) is 0 Å². The second-order valence-corrected chi connectivity index (χ2v) is 12.1. The molecule has 0 aliphatic carbocycles. The zero-order valence-electron chi connectivity index (χ0n) is 28.5. The number of aliphatic hydroxyl groups excluding tert-OH is 3. The zero-order chi connectivity index (χ0) is 54.9. The highest BCUT2D eigenvalue weighted by Gasteiger charge is 2.90. The standard InChI is InChI=1S/3C7H4F12O.H3O4P/c3*8-2(9)4(12,13)6(16,17)7(18,19)5(14,15)3(10,11)1-20;1-5(2,3)4/h3*2,20H,1H2;(H3,1,2,3,4). The number of aliphatic hydroxyl groups is 3. The van der Waals surface area contributed by atoms with Crippen LogP contribution in [0.4, 0.5) is 158 Å². The third kappa shape index (κ3) is 12.4. The van der Waals surface area contributed by atoms with E-state index >= 15 is 0 Å². The highest BCUT2D eigenvalue weighted by Crippen LogP contribution is 2.61. The van der Waals surface area contributed by atoms with Crippen molar-refractivity contribution in [1.29, 1.82) is 0 Å². The Hall–Kier alpha value is -2.53. The molecule has 0 saturated heterocycles. The lowest BCUT2D eigenvalue weighted by atomic mass is 9.95. The molecular formula is C21H15F36O7P. The number of alkyl halides is 36. The molecule has 398 valence electrons. The van der Waals surface area contributed by atoms with E-state index < -0.39 is 136 Å². The van der Waals surface area contributed by atoms with Gasteiger partial charge in [-0.15, -0.1) is 0 Å². The minimum atomic E-state index is -7.56. The predicted molar refractivity (Wildman–Crippen MR) is 128 cm³/mol. The first kappa shape index (κ1) is 69.0. The van der Waals surface area contributed by atoms with Gasteiger partial charge in [-0.25, -0.2) is 30.9 Å². The molecule has 0 unspecified atom stereocenters. The summed E-state index contributed by atoms with van der Waals surface area (Å²) in [5, 5.41) is 23.2. The van der Waals surface area contributed by atoms with Gasteiger partial charge in [-0.2, -0.15) is 132 Å². The van der Waals surface area contributed by atoms with Crippen LogP contribution in [0.25, 0.3) is 0 Å². The van der Waals surface area contributed by atoms with Gasteiger partial charge in [0.05, 0.1) is 0 Å². The van der Waals surface area contributed by atoms with Crippen LogP contribution < -0.4 is 0 Å². The lowest BCUT2D eigenvalue weighted by Crippen LogP contribution is -2.69. The van der Waals surface area contributed by atoms with E-state index in [1.807, 2.05) is 0 Å². The van der Waals surface area contributed by atoms with Crippen LogP contribution in [-0.2, 0) is 4.57 Å². The highest BCUT2D eigenvalue weighted by atomic mass is 31.2. The SMILES string of the molecule is O=P(O)(O)O.OCC(F)(F)C(F)(F)C(F)(F)C(F)(F)C(F)(F)C(F)F.OCC(F)(F)C(F)(F)C(F)(F)C(F)(F)C(F)(F)C(F)F.OCC(F)(F)C(F)(F)C(F)(F)C(F)(F)C(F)(F)C(F)F. The first-order valence-corrected chi connectivity index (χ1v) is 15.2. The maximum Gasteiger partial charge on any atom is 0.466 e. The van der Waals surface area contributed by atoms with Gasteiger partial charge in [0.15, 0.2) is 0 Å². The molecule has 65 heavy (non-hydrogen) atoms. The van der Waals surface area contributed by atoms with Gasteiger partial charge in [-0.05, 0) is 0 Å². The summed E-state index contributed by atoms with van der Waals surface area (Å²) in [6.45, 7) is -9.32. The molecule has 0 aromatic rings. The largest absolute Gasteiger partial charge is 0.466 e. The Balaban J connectivity index is -0.000000407. The van der Waals surface area contributed by atoms with Crippen molar-refractivity contribution in [2.24, 2.45) is 0 Å². The first-order chi connectivity index (χ1) is 27.5. The highest BCUT2D eigenvalue weighted by molar-refractivity contribution is 7.45. The van der Waals surface area contributed by atoms with Crippen LogP contribution in [0.3, 0.4) is 0 Å². The van der Waals surface area contributed by atoms with E-state index in [0.717, 1.165) is 0 Å². The lowest BCUT2D eigenvalue weighted by molar-refractivity contribution is -0.414. The fraction of sp³-hybridized carbons (Fsp3) is 1.00. The summed E-state index contributed by atoms with van der Waals surface area (Å²) in [5.41, 5.74) is 0. The quantitative estimate of drug-likeness (QED) is 0.0595. The average molecular weight is 1090 g/mol. The van der Waals surface area contributed by atoms with Gasteiger partial charge in [0, 0.05) is 0 Å². The lowest BCUT2D eigenvalue weighted by Gasteiger charge is -2.38. The summed E-state index contributed by atoms with van der Waals surface area (Å²) >= 11 is 0. The van der Waals surface area contributed by atoms with Crippen LogP contribution >= 0.6 is 7.82 Å². The van der Waals surface area contributed by atoms with Gasteiger partial charge < -0.3 is 30.0 Å². The maximum absolute atomic E-state index is 12.6. The smallest absolute Gasteiger partial charge is 0.390 e. The third-order valence-corrected chi connectivity index (χ3v) is 6.42. The summed E-state index contributed by atoms with van der Waals surface area (Å²) in [7, 11) is -4.64. The Bertz CT molecular complexity index is 1370. The number of rotatable bonds is 18. The van der Waals surface area contributed by atoms with Gasteiger partial charge in [0.1, 0.15) is 19.8 Å². The number of hydrogen-bond donors (Lipinski definition) is 6. The molecule has 0 spiro atoms. The molecule has 0 atom stereocenters. The summed E-state index contributed by atoms with van der Waals surface area (Å²) in [6.07, 6.45) is -16.6. The number of hydrogen-bond acceptors (Lipinski definition) is 4. The van der Waals surface area contributed by atoms with E-state index in [1.165, 1.54) is 0 Å². The molecule has 0 heterocycles. The summed E-state index contributed by atoms with van der Waals surface area (Å²) < 4.78 is 451. The Kier molecular flexibility index (Phi) is 21.5. The molecule has 0 saturated carbocycles. The molecular weight excluding hydrogens is 1080 g/mol. The minimum absolute atomic E-state index is 3.11. The maximum atomic E-state index is 12.6. The normalized spacial score (nSPS) is 15.6. The molecule has 7 nitrogen and oxygen atoms in total. The third-order valence-electron chi connectivity index (χ3n) is 6.42. The number of halogens is 36. The first-order valence-electron chi connectivity index (χ1n) is 13.6. The molecule has 0 fully saturated rings. The van der Waals surface area contributed by atoms with Gasteiger partial charge in [-0.1, -0.05) is 0 Å². The van der Waals surface area contributed by atoms with Gasteiger partial charge in [0.25, 0.3) is 0 Å². The monoisotopic (exact) mass is 1090 g/mol. The number of phosphoric acid groups is 1. The van der Waals surface area contributed by atoms with Crippen LogP contribution in [0.15, 0.2) is 0 Å². The van der Waals surface area contributed by atoms with Crippen molar-refractivity contribution in [1.82, 2.24) is 0 Å². The minimum Gasteiger partial charge on any atom is -0.390 e. The van der Waals surface area contributed by atoms with Crippen molar-refractivity contribution in [3.05, 3.63) is 0 Å². The van der Waals surface area contributed by atoms with E-state index in [9.17, 15) is 158 Å². The Morgan fingerprint density at radius 1 is 0.277 bits per heavy atom. The van der Waals surface area contributed by atoms with Crippen molar-refractivity contribution in [3.63, 3.8) is 0 Å². The van der Waals surface area contributed by atoms with Crippen LogP contribution in [0.2, 0.25) is 0 Å². The fourth-order valence-electron chi connectivity index (χ4n) is 2.62. The van der Waals surface area contributed by atoms with Crippen molar-refractivity contribution < 1.29 is 193 Å². The van der Waals surface area contributed by atoms with Crippen LogP contribution in [-0.4, -0.2) is 158 Å². The molecule has 0 aromatic carbocycles. The molecule has 0 aliphatic heterocycles. The molecule has 0 aliphatic rings.